The van der Waals surface area contributed by atoms with Crippen molar-refractivity contribution in [2.24, 2.45) is 28.6 Å². The minimum Gasteiger partial charge on any atom is -0.359 e. The predicted molar refractivity (Wildman–Crippen MR) is 98.1 cm³/mol. The summed E-state index contributed by atoms with van der Waals surface area (Å²) in [6.07, 6.45) is 5.62. The van der Waals surface area contributed by atoms with E-state index in [1.807, 2.05) is 13.0 Å². The van der Waals surface area contributed by atoms with Crippen LogP contribution in [0.3, 0.4) is 0 Å². The van der Waals surface area contributed by atoms with Crippen molar-refractivity contribution < 1.29 is 23.0 Å². The van der Waals surface area contributed by atoms with E-state index in [1.54, 1.807) is 0 Å². The summed E-state index contributed by atoms with van der Waals surface area (Å²) in [4.78, 5) is 11.9. The van der Waals surface area contributed by atoms with Gasteiger partial charge in [-0.05, 0) is 73.2 Å². The van der Waals surface area contributed by atoms with Crippen LogP contribution in [0.15, 0.2) is 23.3 Å². The van der Waals surface area contributed by atoms with Crippen LogP contribution in [0.1, 0.15) is 58.8 Å². The maximum Gasteiger partial charge on any atom is 0.272 e. The second-order valence-electron chi connectivity index (χ2n) is 9.40. The summed E-state index contributed by atoms with van der Waals surface area (Å²) < 4.78 is 38.6. The van der Waals surface area contributed by atoms with E-state index in [2.05, 4.69) is 6.92 Å². The van der Waals surface area contributed by atoms with Crippen LogP contribution in [0.25, 0.3) is 0 Å². The third kappa shape index (κ3) is 2.84. The minimum atomic E-state index is -1.56. The smallest absolute Gasteiger partial charge is 0.272 e. The standard InChI is InChI=1S/C22H30F2O3/c1-21-8-6-14(25)10-13(21)4-5-15-16(21)7-9-22(2)17(15)11-18(27-12-26-3)19(22)20(23)24/h10,15-18H,4-9,11-12H2,1-3H3/t15-,16+,17+,18-,21+,22+/m1/s1. The van der Waals surface area contributed by atoms with Crippen LogP contribution < -0.4 is 0 Å². The van der Waals surface area contributed by atoms with Crippen molar-refractivity contribution in [1.82, 2.24) is 0 Å². The molecular formula is C22H30F2O3. The lowest BCUT2D eigenvalue weighted by Gasteiger charge is -2.57. The molecule has 0 N–H and O–H groups in total. The Morgan fingerprint density at radius 3 is 2.63 bits per heavy atom. The first kappa shape index (κ1) is 19.3. The molecule has 0 spiro atoms. The van der Waals surface area contributed by atoms with Gasteiger partial charge in [0.05, 0.1) is 6.10 Å². The number of fused-ring (bicyclic) bond motifs is 5. The molecule has 3 nitrogen and oxygen atoms in total. The monoisotopic (exact) mass is 380 g/mol. The van der Waals surface area contributed by atoms with Crippen LogP contribution >= 0.6 is 0 Å². The highest BCUT2D eigenvalue weighted by Gasteiger charge is 2.61. The maximum absolute atomic E-state index is 14.0. The number of hydrogen-bond donors (Lipinski definition) is 0. The first-order valence-electron chi connectivity index (χ1n) is 10.2. The molecular weight excluding hydrogens is 350 g/mol. The lowest BCUT2D eigenvalue weighted by atomic mass is 9.47. The number of allylic oxidation sites excluding steroid dienone is 1. The molecule has 3 saturated carbocycles. The Morgan fingerprint density at radius 2 is 1.93 bits per heavy atom. The van der Waals surface area contributed by atoms with Gasteiger partial charge in [0.2, 0.25) is 0 Å². The zero-order valence-corrected chi connectivity index (χ0v) is 16.5. The number of halogens is 2. The third-order valence-electron chi connectivity index (χ3n) is 8.35. The third-order valence-corrected chi connectivity index (χ3v) is 8.35. The van der Waals surface area contributed by atoms with Gasteiger partial charge in [0.1, 0.15) is 6.79 Å². The molecule has 0 radical (unpaired) electrons. The molecule has 0 aliphatic heterocycles. The highest BCUT2D eigenvalue weighted by Crippen LogP contribution is 2.67. The summed E-state index contributed by atoms with van der Waals surface area (Å²) in [5.41, 5.74) is 1.09. The number of rotatable bonds is 3. The molecule has 4 aliphatic rings. The number of carbonyl (C=O) groups is 1. The van der Waals surface area contributed by atoms with Gasteiger partial charge in [-0.15, -0.1) is 0 Å². The second-order valence-corrected chi connectivity index (χ2v) is 9.40. The van der Waals surface area contributed by atoms with Crippen molar-refractivity contribution in [3.8, 4) is 0 Å². The zero-order chi connectivity index (χ0) is 19.4. The fourth-order valence-electron chi connectivity index (χ4n) is 7.00. The fraction of sp³-hybridized carbons (Fsp3) is 0.773. The van der Waals surface area contributed by atoms with Gasteiger partial charge in [0, 0.05) is 19.1 Å². The number of ketones is 1. The van der Waals surface area contributed by atoms with Crippen LogP contribution in [0.5, 0.6) is 0 Å². The highest BCUT2D eigenvalue weighted by atomic mass is 19.3. The van der Waals surface area contributed by atoms with Gasteiger partial charge in [-0.25, -0.2) is 0 Å². The van der Waals surface area contributed by atoms with E-state index in [9.17, 15) is 13.6 Å². The molecule has 0 aromatic carbocycles. The molecule has 6 atom stereocenters. The normalized spacial score (nSPS) is 43.7. The topological polar surface area (TPSA) is 35.5 Å². The van der Waals surface area contributed by atoms with E-state index < -0.39 is 17.6 Å². The van der Waals surface area contributed by atoms with Gasteiger partial charge >= 0.3 is 0 Å². The van der Waals surface area contributed by atoms with E-state index >= 15 is 0 Å². The minimum absolute atomic E-state index is 0.0467. The van der Waals surface area contributed by atoms with Gasteiger partial charge in [0.25, 0.3) is 6.08 Å². The molecule has 0 heterocycles. The zero-order valence-electron chi connectivity index (χ0n) is 16.5. The molecule has 4 rings (SSSR count). The summed E-state index contributed by atoms with van der Waals surface area (Å²) in [7, 11) is 1.52. The van der Waals surface area contributed by atoms with Gasteiger partial charge < -0.3 is 9.47 Å². The Labute approximate surface area is 160 Å². The Kier molecular flexibility index (Phi) is 4.83. The number of hydrogen-bond acceptors (Lipinski definition) is 3. The Balaban J connectivity index is 1.67. The first-order valence-corrected chi connectivity index (χ1v) is 10.2. The Bertz CT molecular complexity index is 696. The van der Waals surface area contributed by atoms with Crippen LogP contribution in [-0.2, 0) is 14.3 Å². The fourth-order valence-corrected chi connectivity index (χ4v) is 7.00. The van der Waals surface area contributed by atoms with E-state index in [0.29, 0.717) is 24.7 Å². The predicted octanol–water partition coefficient (Wildman–Crippen LogP) is 5.27. The molecule has 27 heavy (non-hydrogen) atoms. The highest BCUT2D eigenvalue weighted by molar-refractivity contribution is 5.91. The van der Waals surface area contributed by atoms with E-state index in [4.69, 9.17) is 9.47 Å². The molecule has 4 aliphatic carbocycles. The second kappa shape index (κ2) is 6.77. The molecule has 0 unspecified atom stereocenters. The van der Waals surface area contributed by atoms with Crippen molar-refractivity contribution in [1.29, 1.82) is 0 Å². The van der Waals surface area contributed by atoms with Crippen LogP contribution in [0, 0.1) is 28.6 Å². The van der Waals surface area contributed by atoms with Gasteiger partial charge in [-0.1, -0.05) is 19.4 Å². The molecule has 150 valence electrons. The van der Waals surface area contributed by atoms with Crippen molar-refractivity contribution in [2.75, 3.05) is 13.9 Å². The van der Waals surface area contributed by atoms with Crippen molar-refractivity contribution >= 4 is 5.78 Å². The van der Waals surface area contributed by atoms with Gasteiger partial charge in [-0.2, -0.15) is 8.78 Å². The van der Waals surface area contributed by atoms with E-state index in [1.165, 1.54) is 12.7 Å². The van der Waals surface area contributed by atoms with Crippen LogP contribution in [0.4, 0.5) is 8.78 Å². The number of methoxy groups -OCH3 is 1. The summed E-state index contributed by atoms with van der Waals surface area (Å²) in [6, 6.07) is 0. The molecule has 0 bridgehead atoms. The van der Waals surface area contributed by atoms with Crippen molar-refractivity contribution in [3.05, 3.63) is 23.3 Å². The first-order chi connectivity index (χ1) is 12.8. The lowest BCUT2D eigenvalue weighted by molar-refractivity contribution is -0.117. The molecule has 0 saturated heterocycles. The van der Waals surface area contributed by atoms with E-state index in [0.717, 1.165) is 32.1 Å². The quantitative estimate of drug-likeness (QED) is 0.626. The molecule has 0 aromatic rings. The molecule has 3 fully saturated rings. The van der Waals surface area contributed by atoms with Crippen LogP contribution in [0.2, 0.25) is 0 Å². The van der Waals surface area contributed by atoms with Crippen molar-refractivity contribution in [3.63, 3.8) is 0 Å². The SMILES string of the molecule is COCO[C@@H]1C[C@H]2[C@@H]3CCC4=CC(=O)CC[C@]4(C)[C@H]3CC[C@]2(C)C1=C(F)F. The molecule has 0 aromatic heterocycles. The molecule has 0 amide bonds. The average Bonchev–Trinajstić information content (AvgIpc) is 2.93. The number of ether oxygens (including phenoxy) is 2. The summed E-state index contributed by atoms with van der Waals surface area (Å²) in [5, 5.41) is 0. The largest absolute Gasteiger partial charge is 0.359 e. The number of carbonyl (C=O) groups excluding carboxylic acids is 1. The Hall–Kier alpha value is -1.07. The van der Waals surface area contributed by atoms with Crippen LogP contribution in [-0.4, -0.2) is 25.8 Å². The summed E-state index contributed by atoms with van der Waals surface area (Å²) in [5.74, 6) is 1.36. The van der Waals surface area contributed by atoms with E-state index in [-0.39, 0.29) is 29.5 Å². The lowest BCUT2D eigenvalue weighted by Crippen LogP contribution is -2.49. The van der Waals surface area contributed by atoms with Crippen molar-refractivity contribution in [2.45, 2.75) is 64.9 Å². The average molecular weight is 380 g/mol. The van der Waals surface area contributed by atoms with Gasteiger partial charge in [-0.3, -0.25) is 4.79 Å². The Morgan fingerprint density at radius 1 is 1.15 bits per heavy atom. The molecule has 5 heteroatoms. The maximum atomic E-state index is 14.0. The summed E-state index contributed by atoms with van der Waals surface area (Å²) >= 11 is 0. The van der Waals surface area contributed by atoms with Gasteiger partial charge in [0.15, 0.2) is 5.78 Å². The summed E-state index contributed by atoms with van der Waals surface area (Å²) in [6.45, 7) is 4.38.